The Morgan fingerprint density at radius 2 is 1.90 bits per heavy atom. The predicted molar refractivity (Wildman–Crippen MR) is 83.6 cm³/mol. The molecule has 0 amide bonds. The van der Waals surface area contributed by atoms with Crippen LogP contribution in [0.2, 0.25) is 0 Å². The van der Waals surface area contributed by atoms with Crippen LogP contribution in [0.1, 0.15) is 29.2 Å². The van der Waals surface area contributed by atoms with Crippen LogP contribution in [-0.2, 0) is 0 Å². The molecular formula is C16H16N2OS. The minimum atomic E-state index is -0.0131. The third-order valence-electron chi connectivity index (χ3n) is 3.57. The van der Waals surface area contributed by atoms with E-state index in [9.17, 15) is 4.79 Å². The molecule has 3 rings (SSSR count). The van der Waals surface area contributed by atoms with Gasteiger partial charge in [-0.25, -0.2) is 4.98 Å². The molecule has 1 atom stereocenters. The fraction of sp³-hybridized carbons (Fsp3) is 0.250. The lowest BCUT2D eigenvalue weighted by molar-refractivity contribution is 0.588. The number of thiophene rings is 1. The Morgan fingerprint density at radius 1 is 1.20 bits per heavy atom. The number of hydrogen-bond acceptors (Lipinski definition) is 3. The van der Waals surface area contributed by atoms with Crippen LogP contribution in [0.25, 0.3) is 10.2 Å². The summed E-state index contributed by atoms with van der Waals surface area (Å²) in [6, 6.07) is 12.0. The Hall–Kier alpha value is -1.94. The molecule has 0 aliphatic heterocycles. The van der Waals surface area contributed by atoms with Gasteiger partial charge in [-0.2, -0.15) is 0 Å². The van der Waals surface area contributed by atoms with E-state index < -0.39 is 0 Å². The molecule has 20 heavy (non-hydrogen) atoms. The van der Waals surface area contributed by atoms with E-state index in [1.165, 1.54) is 0 Å². The van der Waals surface area contributed by atoms with Gasteiger partial charge in [0.05, 0.1) is 11.4 Å². The summed E-state index contributed by atoms with van der Waals surface area (Å²) in [6.07, 6.45) is 0. The number of rotatable bonds is 2. The first-order chi connectivity index (χ1) is 9.58. The van der Waals surface area contributed by atoms with Gasteiger partial charge >= 0.3 is 0 Å². The van der Waals surface area contributed by atoms with Gasteiger partial charge in [0, 0.05) is 4.88 Å². The van der Waals surface area contributed by atoms with Crippen LogP contribution in [0, 0.1) is 13.8 Å². The summed E-state index contributed by atoms with van der Waals surface area (Å²) in [6.45, 7) is 5.94. The molecule has 0 saturated heterocycles. The number of hydrogen-bond donors (Lipinski definition) is 0. The van der Waals surface area contributed by atoms with Crippen LogP contribution in [0.3, 0.4) is 0 Å². The molecule has 0 bridgehead atoms. The van der Waals surface area contributed by atoms with E-state index in [0.29, 0.717) is 0 Å². The van der Waals surface area contributed by atoms with Crippen molar-refractivity contribution in [1.82, 2.24) is 9.55 Å². The van der Waals surface area contributed by atoms with Gasteiger partial charge in [0.1, 0.15) is 10.7 Å². The molecular weight excluding hydrogens is 268 g/mol. The molecule has 1 aromatic carbocycles. The highest BCUT2D eigenvalue weighted by Gasteiger charge is 2.16. The van der Waals surface area contributed by atoms with Gasteiger partial charge < -0.3 is 0 Å². The molecule has 3 aromatic rings. The molecule has 3 nitrogen and oxygen atoms in total. The fourth-order valence-electron chi connectivity index (χ4n) is 2.55. The summed E-state index contributed by atoms with van der Waals surface area (Å²) in [4.78, 5) is 19.2. The minimum Gasteiger partial charge on any atom is -0.289 e. The highest BCUT2D eigenvalue weighted by Crippen LogP contribution is 2.23. The topological polar surface area (TPSA) is 34.9 Å². The molecule has 0 spiro atoms. The first-order valence-corrected chi connectivity index (χ1v) is 7.44. The van der Waals surface area contributed by atoms with Crippen LogP contribution in [-0.4, -0.2) is 9.55 Å². The van der Waals surface area contributed by atoms with Crippen LogP contribution < -0.4 is 5.56 Å². The molecule has 0 aliphatic carbocycles. The van der Waals surface area contributed by atoms with E-state index in [1.54, 1.807) is 15.9 Å². The predicted octanol–water partition coefficient (Wildman–Crippen LogP) is 3.68. The van der Waals surface area contributed by atoms with Gasteiger partial charge in [0.15, 0.2) is 0 Å². The van der Waals surface area contributed by atoms with E-state index in [4.69, 9.17) is 0 Å². The highest BCUT2D eigenvalue weighted by atomic mass is 32.1. The maximum atomic E-state index is 12.7. The van der Waals surface area contributed by atoms with E-state index in [0.717, 1.165) is 26.5 Å². The molecule has 0 fully saturated rings. The van der Waals surface area contributed by atoms with Crippen molar-refractivity contribution in [2.45, 2.75) is 26.8 Å². The third-order valence-corrected chi connectivity index (χ3v) is 4.51. The Kier molecular flexibility index (Phi) is 3.18. The van der Waals surface area contributed by atoms with Crippen molar-refractivity contribution in [2.24, 2.45) is 0 Å². The molecule has 1 unspecified atom stereocenters. The SMILES string of the molecule is Cc1cc2c(=O)n(C(C)c3ccccc3)c(C)nc2s1. The normalized spacial score (nSPS) is 12.8. The van der Waals surface area contributed by atoms with Crippen molar-refractivity contribution in [2.75, 3.05) is 0 Å². The zero-order valence-corrected chi connectivity index (χ0v) is 12.6. The van der Waals surface area contributed by atoms with E-state index in [-0.39, 0.29) is 11.6 Å². The Balaban J connectivity index is 2.23. The molecule has 0 aliphatic rings. The van der Waals surface area contributed by atoms with Gasteiger partial charge in [-0.15, -0.1) is 11.3 Å². The monoisotopic (exact) mass is 284 g/mol. The molecule has 0 radical (unpaired) electrons. The Bertz CT molecular complexity index is 818. The summed E-state index contributed by atoms with van der Waals surface area (Å²) in [5.74, 6) is 0.765. The smallest absolute Gasteiger partial charge is 0.262 e. The second-order valence-corrected chi connectivity index (χ2v) is 6.23. The molecule has 2 aromatic heterocycles. The Labute approximate surface area is 121 Å². The maximum Gasteiger partial charge on any atom is 0.262 e. The number of fused-ring (bicyclic) bond motifs is 1. The zero-order valence-electron chi connectivity index (χ0n) is 11.8. The summed E-state index contributed by atoms with van der Waals surface area (Å²) in [5, 5.41) is 0.723. The van der Waals surface area contributed by atoms with Gasteiger partial charge in [-0.1, -0.05) is 30.3 Å². The number of aromatic nitrogens is 2. The lowest BCUT2D eigenvalue weighted by Gasteiger charge is -2.17. The first kappa shape index (κ1) is 13.1. The average molecular weight is 284 g/mol. The molecule has 2 heterocycles. The molecule has 0 N–H and O–H groups in total. The zero-order chi connectivity index (χ0) is 14.3. The van der Waals surface area contributed by atoms with E-state index >= 15 is 0 Å². The lowest BCUT2D eigenvalue weighted by atomic mass is 10.1. The van der Waals surface area contributed by atoms with E-state index in [2.05, 4.69) is 4.98 Å². The highest BCUT2D eigenvalue weighted by molar-refractivity contribution is 7.18. The fourth-order valence-corrected chi connectivity index (χ4v) is 3.47. The van der Waals surface area contributed by atoms with Crippen molar-refractivity contribution >= 4 is 21.6 Å². The van der Waals surface area contributed by atoms with Crippen LogP contribution in [0.15, 0.2) is 41.2 Å². The largest absolute Gasteiger partial charge is 0.289 e. The second-order valence-electron chi connectivity index (χ2n) is 5.00. The van der Waals surface area contributed by atoms with Gasteiger partial charge in [0.25, 0.3) is 5.56 Å². The summed E-state index contributed by atoms with van der Waals surface area (Å²) < 4.78 is 1.78. The summed E-state index contributed by atoms with van der Waals surface area (Å²) in [7, 11) is 0. The molecule has 0 saturated carbocycles. The van der Waals surface area contributed by atoms with Gasteiger partial charge in [-0.05, 0) is 32.4 Å². The number of benzene rings is 1. The quantitative estimate of drug-likeness (QED) is 0.719. The van der Waals surface area contributed by atoms with Crippen LogP contribution in [0.4, 0.5) is 0 Å². The Morgan fingerprint density at radius 3 is 2.60 bits per heavy atom. The van der Waals surface area contributed by atoms with Crippen molar-refractivity contribution < 1.29 is 0 Å². The van der Waals surface area contributed by atoms with E-state index in [1.807, 2.05) is 57.2 Å². The lowest BCUT2D eigenvalue weighted by Crippen LogP contribution is -2.26. The number of nitrogens with zero attached hydrogens (tertiary/aromatic N) is 2. The van der Waals surface area contributed by atoms with Crippen molar-refractivity contribution in [3.8, 4) is 0 Å². The average Bonchev–Trinajstić information content (AvgIpc) is 2.80. The minimum absolute atomic E-state index is 0.0131. The standard InChI is InChI=1S/C16H16N2OS/c1-10-9-14-15(20-10)17-12(3)18(16(14)19)11(2)13-7-5-4-6-8-13/h4-9,11H,1-3H3. The first-order valence-electron chi connectivity index (χ1n) is 6.62. The maximum absolute atomic E-state index is 12.7. The summed E-state index contributed by atoms with van der Waals surface area (Å²) >= 11 is 1.57. The van der Waals surface area contributed by atoms with Gasteiger partial charge in [-0.3, -0.25) is 9.36 Å². The van der Waals surface area contributed by atoms with Crippen molar-refractivity contribution in [3.63, 3.8) is 0 Å². The molecule has 4 heteroatoms. The van der Waals surface area contributed by atoms with Gasteiger partial charge in [0.2, 0.25) is 0 Å². The van der Waals surface area contributed by atoms with Crippen LogP contribution in [0.5, 0.6) is 0 Å². The number of aryl methyl sites for hydroxylation is 2. The van der Waals surface area contributed by atoms with Crippen molar-refractivity contribution in [3.05, 3.63) is 63.0 Å². The second kappa shape index (κ2) is 4.87. The van der Waals surface area contributed by atoms with Crippen LogP contribution >= 0.6 is 11.3 Å². The summed E-state index contributed by atoms with van der Waals surface area (Å²) in [5.41, 5.74) is 1.17. The molecule has 102 valence electrons. The van der Waals surface area contributed by atoms with Crippen molar-refractivity contribution in [1.29, 1.82) is 0 Å². The third kappa shape index (κ3) is 2.06.